The molecule has 2 rings (SSSR count). The zero-order chi connectivity index (χ0) is 17.7. The number of carboxylic acid groups (broad SMARTS) is 1. The molecular weight excluding hydrogens is 310 g/mol. The molecule has 0 bridgehead atoms. The molecule has 0 saturated carbocycles. The van der Waals surface area contributed by atoms with E-state index >= 15 is 0 Å². The van der Waals surface area contributed by atoms with Crippen LogP contribution in [0.2, 0.25) is 0 Å². The number of amides is 1. The van der Waals surface area contributed by atoms with E-state index in [1.807, 2.05) is 30.3 Å². The highest BCUT2D eigenvalue weighted by Gasteiger charge is 2.18. The van der Waals surface area contributed by atoms with Crippen LogP contribution >= 0.6 is 0 Å². The summed E-state index contributed by atoms with van der Waals surface area (Å²) in [5.74, 6) is -2.03. The highest BCUT2D eigenvalue weighted by atomic mass is 16.4. The summed E-state index contributed by atoms with van der Waals surface area (Å²) in [6.45, 7) is 1.36. The molecule has 0 aliphatic carbocycles. The van der Waals surface area contributed by atoms with Gasteiger partial charge in [0.25, 0.3) is 5.56 Å². The van der Waals surface area contributed by atoms with E-state index in [0.717, 1.165) is 10.2 Å². The third kappa shape index (κ3) is 4.28. The number of benzene rings is 1. The highest BCUT2D eigenvalue weighted by Crippen LogP contribution is 2.14. The number of carbonyl (C=O) groups excluding carboxylic acids is 1. The molecule has 0 aliphatic rings. The predicted molar refractivity (Wildman–Crippen MR) is 88.4 cm³/mol. The third-order valence-corrected chi connectivity index (χ3v) is 3.62. The molecule has 0 fully saturated rings. The van der Waals surface area contributed by atoms with Gasteiger partial charge in [-0.2, -0.15) is 5.10 Å². The number of hydrogen-bond donors (Lipinski definition) is 1. The summed E-state index contributed by atoms with van der Waals surface area (Å²) >= 11 is 0. The number of nitrogens with zero attached hydrogens (tertiary/aromatic N) is 3. The zero-order valence-corrected chi connectivity index (χ0v) is 13.5. The van der Waals surface area contributed by atoms with Crippen LogP contribution in [-0.4, -0.2) is 45.3 Å². The average molecular weight is 329 g/mol. The van der Waals surface area contributed by atoms with Gasteiger partial charge in [0.2, 0.25) is 5.91 Å². The van der Waals surface area contributed by atoms with E-state index in [-0.39, 0.29) is 24.6 Å². The minimum atomic E-state index is -0.976. The normalized spacial score (nSPS) is 11.8. The molecule has 7 heteroatoms. The maximum atomic E-state index is 12.2. The topological polar surface area (TPSA) is 92.5 Å². The number of aromatic nitrogens is 2. The van der Waals surface area contributed by atoms with Crippen LogP contribution in [0.25, 0.3) is 11.3 Å². The molecule has 126 valence electrons. The number of carbonyl (C=O) groups is 2. The molecule has 2 aromatic rings. The Morgan fingerprint density at radius 2 is 1.88 bits per heavy atom. The first-order valence-electron chi connectivity index (χ1n) is 7.49. The first kappa shape index (κ1) is 17.4. The predicted octanol–water partition coefficient (Wildman–Crippen LogP) is 1.09. The van der Waals surface area contributed by atoms with Crippen molar-refractivity contribution in [2.45, 2.75) is 13.5 Å². The van der Waals surface area contributed by atoms with E-state index in [1.165, 1.54) is 24.9 Å². The molecule has 0 saturated heterocycles. The fourth-order valence-electron chi connectivity index (χ4n) is 2.16. The van der Waals surface area contributed by atoms with E-state index < -0.39 is 11.9 Å². The smallest absolute Gasteiger partial charge is 0.308 e. The summed E-state index contributed by atoms with van der Waals surface area (Å²) in [5, 5.41) is 13.1. The largest absolute Gasteiger partial charge is 0.481 e. The summed E-state index contributed by atoms with van der Waals surface area (Å²) in [4.78, 5) is 36.3. The van der Waals surface area contributed by atoms with Gasteiger partial charge in [0.05, 0.1) is 11.6 Å². The van der Waals surface area contributed by atoms with Crippen LogP contribution in [0.4, 0.5) is 0 Å². The van der Waals surface area contributed by atoms with Gasteiger partial charge in [-0.05, 0) is 6.07 Å². The quantitative estimate of drug-likeness (QED) is 0.856. The number of rotatable bonds is 6. The van der Waals surface area contributed by atoms with Crippen LogP contribution in [0.3, 0.4) is 0 Å². The molecule has 1 N–H and O–H groups in total. The highest BCUT2D eigenvalue weighted by molar-refractivity contribution is 5.77. The Kier molecular flexibility index (Phi) is 5.47. The minimum absolute atomic E-state index is 0.0707. The maximum Gasteiger partial charge on any atom is 0.308 e. The lowest BCUT2D eigenvalue weighted by Gasteiger charge is -2.19. The molecule has 1 unspecified atom stereocenters. The molecule has 0 radical (unpaired) electrons. The number of carboxylic acids is 1. The first-order valence-corrected chi connectivity index (χ1v) is 7.49. The second-order valence-corrected chi connectivity index (χ2v) is 5.59. The summed E-state index contributed by atoms with van der Waals surface area (Å²) < 4.78 is 1.09. The second kappa shape index (κ2) is 7.54. The molecule has 0 aliphatic heterocycles. The van der Waals surface area contributed by atoms with Gasteiger partial charge in [-0.3, -0.25) is 14.4 Å². The van der Waals surface area contributed by atoms with Crippen LogP contribution in [0.5, 0.6) is 0 Å². The zero-order valence-electron chi connectivity index (χ0n) is 13.5. The van der Waals surface area contributed by atoms with Gasteiger partial charge in [-0.1, -0.05) is 37.3 Å². The van der Waals surface area contributed by atoms with Gasteiger partial charge in [0.15, 0.2) is 0 Å². The van der Waals surface area contributed by atoms with Crippen LogP contribution in [0.1, 0.15) is 6.92 Å². The second-order valence-electron chi connectivity index (χ2n) is 5.59. The van der Waals surface area contributed by atoms with Crippen molar-refractivity contribution in [3.63, 3.8) is 0 Å². The Labute approximate surface area is 139 Å². The first-order chi connectivity index (χ1) is 11.4. The van der Waals surface area contributed by atoms with Crippen molar-refractivity contribution in [1.82, 2.24) is 14.7 Å². The Morgan fingerprint density at radius 1 is 1.21 bits per heavy atom. The van der Waals surface area contributed by atoms with Crippen molar-refractivity contribution < 1.29 is 14.7 Å². The summed E-state index contributed by atoms with van der Waals surface area (Å²) in [7, 11) is 1.51. The van der Waals surface area contributed by atoms with Crippen molar-refractivity contribution in [3.8, 4) is 11.3 Å². The summed E-state index contributed by atoms with van der Waals surface area (Å²) in [6, 6.07) is 12.3. The lowest BCUT2D eigenvalue weighted by Crippen LogP contribution is -2.38. The fourth-order valence-corrected chi connectivity index (χ4v) is 2.16. The van der Waals surface area contributed by atoms with Gasteiger partial charge in [-0.15, -0.1) is 0 Å². The SMILES string of the molecule is CC(CN(C)C(=O)Cn1nc(-c2ccccc2)ccc1=O)C(=O)O. The van der Waals surface area contributed by atoms with Gasteiger partial charge in [-0.25, -0.2) is 4.68 Å². The molecule has 7 nitrogen and oxygen atoms in total. The Balaban J connectivity index is 2.16. The van der Waals surface area contributed by atoms with Crippen molar-refractivity contribution in [1.29, 1.82) is 0 Å². The van der Waals surface area contributed by atoms with E-state index in [9.17, 15) is 14.4 Å². The van der Waals surface area contributed by atoms with Gasteiger partial charge >= 0.3 is 5.97 Å². The number of likely N-dealkylation sites (N-methyl/N-ethyl adjacent to an activating group) is 1. The molecule has 1 amide bonds. The van der Waals surface area contributed by atoms with Gasteiger partial charge in [0, 0.05) is 25.2 Å². The monoisotopic (exact) mass is 329 g/mol. The standard InChI is InChI=1S/C17H19N3O4/c1-12(17(23)24)10-19(2)16(22)11-20-15(21)9-8-14(18-20)13-6-4-3-5-7-13/h3-9,12H,10-11H2,1-2H3,(H,23,24). The molecule has 1 atom stereocenters. The number of hydrogen-bond acceptors (Lipinski definition) is 4. The van der Waals surface area contributed by atoms with Crippen molar-refractivity contribution >= 4 is 11.9 Å². The summed E-state index contributed by atoms with van der Waals surface area (Å²) in [5.41, 5.74) is 1.04. The Hall–Kier alpha value is -2.96. The summed E-state index contributed by atoms with van der Waals surface area (Å²) in [6.07, 6.45) is 0. The average Bonchev–Trinajstić information content (AvgIpc) is 2.57. The van der Waals surface area contributed by atoms with Gasteiger partial charge < -0.3 is 10.0 Å². The van der Waals surface area contributed by atoms with E-state index in [4.69, 9.17) is 5.11 Å². The van der Waals surface area contributed by atoms with Gasteiger partial charge in [0.1, 0.15) is 6.54 Å². The van der Waals surface area contributed by atoms with Crippen LogP contribution in [0, 0.1) is 5.92 Å². The van der Waals surface area contributed by atoms with Crippen LogP contribution < -0.4 is 5.56 Å². The molecular formula is C17H19N3O4. The van der Waals surface area contributed by atoms with E-state index in [1.54, 1.807) is 6.07 Å². The third-order valence-electron chi connectivity index (χ3n) is 3.62. The molecule has 24 heavy (non-hydrogen) atoms. The minimum Gasteiger partial charge on any atom is -0.481 e. The van der Waals surface area contributed by atoms with Crippen molar-refractivity contribution in [3.05, 3.63) is 52.8 Å². The van der Waals surface area contributed by atoms with Crippen molar-refractivity contribution in [2.75, 3.05) is 13.6 Å². The van der Waals surface area contributed by atoms with E-state index in [0.29, 0.717) is 5.69 Å². The molecule has 1 aromatic carbocycles. The van der Waals surface area contributed by atoms with Crippen LogP contribution in [-0.2, 0) is 16.1 Å². The molecule has 1 heterocycles. The van der Waals surface area contributed by atoms with Crippen molar-refractivity contribution in [2.24, 2.45) is 5.92 Å². The fraction of sp³-hybridized carbons (Fsp3) is 0.294. The maximum absolute atomic E-state index is 12.2. The Morgan fingerprint density at radius 3 is 2.50 bits per heavy atom. The number of aliphatic carboxylic acids is 1. The lowest BCUT2D eigenvalue weighted by molar-refractivity contribution is -0.142. The lowest BCUT2D eigenvalue weighted by atomic mass is 10.1. The molecule has 0 spiro atoms. The molecule has 1 aromatic heterocycles. The Bertz CT molecular complexity index is 786. The van der Waals surface area contributed by atoms with Crippen LogP contribution in [0.15, 0.2) is 47.3 Å². The van der Waals surface area contributed by atoms with E-state index in [2.05, 4.69) is 5.10 Å².